The van der Waals surface area contributed by atoms with Crippen molar-refractivity contribution >= 4 is 28.9 Å². The van der Waals surface area contributed by atoms with Gasteiger partial charge in [0.1, 0.15) is 16.1 Å². The zero-order valence-electron chi connectivity index (χ0n) is 10.4. The van der Waals surface area contributed by atoms with Crippen LogP contribution in [0, 0.1) is 5.82 Å². The molecule has 5 heteroatoms. The molecule has 0 aliphatic rings. The summed E-state index contributed by atoms with van der Waals surface area (Å²) in [4.78, 5) is 6.02. The number of benzene rings is 1. The van der Waals surface area contributed by atoms with Gasteiger partial charge in [0.05, 0.1) is 0 Å². The van der Waals surface area contributed by atoms with Gasteiger partial charge in [0.2, 0.25) is 0 Å². The van der Waals surface area contributed by atoms with Gasteiger partial charge in [-0.1, -0.05) is 35.3 Å². The van der Waals surface area contributed by atoms with E-state index in [0.717, 1.165) is 17.8 Å². The molecule has 0 spiro atoms. The summed E-state index contributed by atoms with van der Waals surface area (Å²) in [5, 5.41) is 0.741. The summed E-state index contributed by atoms with van der Waals surface area (Å²) in [6, 6.07) is 10.0. The Hall–Kier alpha value is -1.32. The number of rotatable bonds is 4. The van der Waals surface area contributed by atoms with Crippen LogP contribution in [0.3, 0.4) is 0 Å². The van der Waals surface area contributed by atoms with E-state index in [0.29, 0.717) is 16.9 Å². The van der Waals surface area contributed by atoms with E-state index >= 15 is 0 Å². The summed E-state index contributed by atoms with van der Waals surface area (Å²) in [5.41, 5.74) is 1.67. The molecule has 2 rings (SSSR count). The maximum atomic E-state index is 13.3. The molecule has 0 unspecified atom stereocenters. The standard InChI is InChI=1S/C14H13Cl2FN2/c1-2-19(12-5-3-4-11(17)8-12)9-10-6-7-13(15)18-14(10)16/h3-8H,2,9H2,1H3. The molecule has 0 N–H and O–H groups in total. The number of aromatic nitrogens is 1. The first kappa shape index (κ1) is 14.1. The molecule has 2 aromatic rings. The lowest BCUT2D eigenvalue weighted by Crippen LogP contribution is -2.22. The molecule has 0 saturated carbocycles. The third kappa shape index (κ3) is 3.58. The Morgan fingerprint density at radius 2 is 2.00 bits per heavy atom. The van der Waals surface area contributed by atoms with Gasteiger partial charge in [0.15, 0.2) is 0 Å². The highest BCUT2D eigenvalue weighted by molar-refractivity contribution is 6.32. The molecule has 0 aliphatic heterocycles. The van der Waals surface area contributed by atoms with Crippen molar-refractivity contribution in [1.82, 2.24) is 4.98 Å². The van der Waals surface area contributed by atoms with Crippen molar-refractivity contribution in [2.45, 2.75) is 13.5 Å². The van der Waals surface area contributed by atoms with Crippen LogP contribution in [0.25, 0.3) is 0 Å². The van der Waals surface area contributed by atoms with Crippen LogP contribution in [0.15, 0.2) is 36.4 Å². The van der Waals surface area contributed by atoms with Gasteiger partial charge >= 0.3 is 0 Å². The highest BCUT2D eigenvalue weighted by Gasteiger charge is 2.10. The zero-order chi connectivity index (χ0) is 13.8. The minimum absolute atomic E-state index is 0.253. The fourth-order valence-electron chi connectivity index (χ4n) is 1.82. The second kappa shape index (κ2) is 6.22. The van der Waals surface area contributed by atoms with Crippen molar-refractivity contribution in [3.63, 3.8) is 0 Å². The fraction of sp³-hybridized carbons (Fsp3) is 0.214. The molecule has 0 amide bonds. The van der Waals surface area contributed by atoms with E-state index in [-0.39, 0.29) is 5.82 Å². The monoisotopic (exact) mass is 298 g/mol. The van der Waals surface area contributed by atoms with Crippen LogP contribution < -0.4 is 4.90 Å². The summed E-state index contributed by atoms with van der Waals surface area (Å²) in [5.74, 6) is -0.253. The summed E-state index contributed by atoms with van der Waals surface area (Å²) >= 11 is 11.8. The van der Waals surface area contributed by atoms with Crippen molar-refractivity contribution < 1.29 is 4.39 Å². The van der Waals surface area contributed by atoms with Crippen LogP contribution in [0.2, 0.25) is 10.3 Å². The third-order valence-corrected chi connectivity index (χ3v) is 3.35. The summed E-state index contributed by atoms with van der Waals surface area (Å²) < 4.78 is 13.3. The second-order valence-corrected chi connectivity index (χ2v) is 4.82. The quantitative estimate of drug-likeness (QED) is 0.770. The van der Waals surface area contributed by atoms with Crippen LogP contribution in [-0.2, 0) is 6.54 Å². The molecule has 100 valence electrons. The topological polar surface area (TPSA) is 16.1 Å². The number of halogens is 3. The van der Waals surface area contributed by atoms with E-state index in [1.165, 1.54) is 12.1 Å². The van der Waals surface area contributed by atoms with E-state index in [1.54, 1.807) is 12.1 Å². The summed E-state index contributed by atoms with van der Waals surface area (Å²) in [6.07, 6.45) is 0. The van der Waals surface area contributed by atoms with Crippen LogP contribution >= 0.6 is 23.2 Å². The minimum atomic E-state index is -0.253. The van der Waals surface area contributed by atoms with Gasteiger partial charge in [-0.05, 0) is 31.2 Å². The minimum Gasteiger partial charge on any atom is -0.367 e. The van der Waals surface area contributed by atoms with Gasteiger partial charge in [-0.3, -0.25) is 0 Å². The molecule has 0 atom stereocenters. The van der Waals surface area contributed by atoms with Gasteiger partial charge in [-0.2, -0.15) is 0 Å². The van der Waals surface area contributed by atoms with E-state index in [2.05, 4.69) is 4.98 Å². The van der Waals surface area contributed by atoms with Gasteiger partial charge < -0.3 is 4.90 Å². The molecule has 0 radical (unpaired) electrons. The van der Waals surface area contributed by atoms with Gasteiger partial charge in [-0.15, -0.1) is 0 Å². The molecule has 1 aromatic carbocycles. The molecular weight excluding hydrogens is 286 g/mol. The SMILES string of the molecule is CCN(Cc1ccc(Cl)nc1Cl)c1cccc(F)c1. The average molecular weight is 299 g/mol. The smallest absolute Gasteiger partial charge is 0.135 e. The van der Waals surface area contributed by atoms with Crippen molar-refractivity contribution in [1.29, 1.82) is 0 Å². The second-order valence-electron chi connectivity index (χ2n) is 4.08. The zero-order valence-corrected chi connectivity index (χ0v) is 11.9. The third-order valence-electron chi connectivity index (χ3n) is 2.81. The lowest BCUT2D eigenvalue weighted by molar-refractivity contribution is 0.626. The average Bonchev–Trinajstić information content (AvgIpc) is 2.38. The maximum Gasteiger partial charge on any atom is 0.135 e. The fourth-order valence-corrected chi connectivity index (χ4v) is 2.23. The Labute approximate surface area is 121 Å². The molecule has 0 bridgehead atoms. The lowest BCUT2D eigenvalue weighted by atomic mass is 10.2. The van der Waals surface area contributed by atoms with Gasteiger partial charge in [0, 0.05) is 24.3 Å². The largest absolute Gasteiger partial charge is 0.367 e. The molecular formula is C14H13Cl2FN2. The molecule has 0 aliphatic carbocycles. The lowest BCUT2D eigenvalue weighted by Gasteiger charge is -2.23. The van der Waals surface area contributed by atoms with Crippen molar-refractivity contribution in [3.8, 4) is 0 Å². The predicted molar refractivity (Wildman–Crippen MR) is 77.4 cm³/mol. The van der Waals surface area contributed by atoms with Crippen LogP contribution in [0.1, 0.15) is 12.5 Å². The van der Waals surface area contributed by atoms with E-state index in [1.807, 2.05) is 24.0 Å². The Bertz CT molecular complexity index is 575. The first-order valence-electron chi connectivity index (χ1n) is 5.91. The van der Waals surface area contributed by atoms with Crippen LogP contribution in [0.4, 0.5) is 10.1 Å². The Balaban J connectivity index is 2.24. The highest BCUT2D eigenvalue weighted by Crippen LogP contribution is 2.22. The number of pyridine rings is 1. The Morgan fingerprint density at radius 3 is 2.63 bits per heavy atom. The summed E-state index contributed by atoms with van der Waals surface area (Å²) in [6.45, 7) is 3.30. The Kier molecular flexibility index (Phi) is 4.61. The van der Waals surface area contributed by atoms with E-state index in [9.17, 15) is 4.39 Å². The molecule has 0 fully saturated rings. The van der Waals surface area contributed by atoms with Gasteiger partial charge in [-0.25, -0.2) is 9.37 Å². The van der Waals surface area contributed by atoms with Gasteiger partial charge in [0.25, 0.3) is 0 Å². The molecule has 1 aromatic heterocycles. The first-order chi connectivity index (χ1) is 9.10. The molecule has 19 heavy (non-hydrogen) atoms. The van der Waals surface area contributed by atoms with Crippen LogP contribution in [0.5, 0.6) is 0 Å². The molecule has 1 heterocycles. The number of hydrogen-bond acceptors (Lipinski definition) is 2. The molecule has 2 nitrogen and oxygen atoms in total. The van der Waals surface area contributed by atoms with E-state index in [4.69, 9.17) is 23.2 Å². The highest BCUT2D eigenvalue weighted by atomic mass is 35.5. The Morgan fingerprint density at radius 1 is 1.21 bits per heavy atom. The first-order valence-corrected chi connectivity index (χ1v) is 6.67. The normalized spacial score (nSPS) is 10.5. The van der Waals surface area contributed by atoms with Crippen molar-refractivity contribution in [2.24, 2.45) is 0 Å². The number of anilines is 1. The van der Waals surface area contributed by atoms with Crippen LogP contribution in [-0.4, -0.2) is 11.5 Å². The van der Waals surface area contributed by atoms with Crippen molar-refractivity contribution in [2.75, 3.05) is 11.4 Å². The van der Waals surface area contributed by atoms with Crippen molar-refractivity contribution in [3.05, 3.63) is 58.1 Å². The number of hydrogen-bond donors (Lipinski definition) is 0. The summed E-state index contributed by atoms with van der Waals surface area (Å²) in [7, 11) is 0. The molecule has 0 saturated heterocycles. The number of nitrogens with zero attached hydrogens (tertiary/aromatic N) is 2. The van der Waals surface area contributed by atoms with E-state index < -0.39 is 0 Å². The maximum absolute atomic E-state index is 13.3. The predicted octanol–water partition coefficient (Wildman–Crippen LogP) is 4.55.